The fraction of sp³-hybridized carbons (Fsp3) is 0.500. The molecule has 21 heavy (non-hydrogen) atoms. The summed E-state index contributed by atoms with van der Waals surface area (Å²) >= 11 is 0. The average Bonchev–Trinajstić information content (AvgIpc) is 2.39. The van der Waals surface area contributed by atoms with Crippen molar-refractivity contribution in [3.05, 3.63) is 23.8 Å². The number of hydrogen-bond acceptors (Lipinski definition) is 3. The number of aryl methyl sites for hydroxylation is 1. The maximum atomic E-state index is 11.9. The summed E-state index contributed by atoms with van der Waals surface area (Å²) in [6, 6.07) is 5.47. The van der Waals surface area contributed by atoms with Gasteiger partial charge < -0.3 is 16.0 Å². The fourth-order valence-electron chi connectivity index (χ4n) is 1.62. The molecule has 0 fully saturated rings. The largest absolute Gasteiger partial charge is 0.326 e. The molecule has 0 aliphatic rings. The van der Waals surface area contributed by atoms with E-state index in [2.05, 4.69) is 16.0 Å². The van der Waals surface area contributed by atoms with Crippen molar-refractivity contribution in [1.29, 1.82) is 0 Å². The monoisotopic (exact) mass is 291 g/mol. The summed E-state index contributed by atoms with van der Waals surface area (Å²) in [5.74, 6) is -0.155. The van der Waals surface area contributed by atoms with Gasteiger partial charge in [0.25, 0.3) is 0 Å². The van der Waals surface area contributed by atoms with Gasteiger partial charge in [0.1, 0.15) is 0 Å². The Bertz CT molecular complexity index is 519. The maximum Gasteiger partial charge on any atom is 0.238 e. The van der Waals surface area contributed by atoms with Crippen molar-refractivity contribution in [3.63, 3.8) is 0 Å². The van der Waals surface area contributed by atoms with Gasteiger partial charge in [-0.05, 0) is 45.4 Å². The zero-order chi connectivity index (χ0) is 16.0. The third-order valence-corrected chi connectivity index (χ3v) is 2.90. The van der Waals surface area contributed by atoms with Gasteiger partial charge in [-0.25, -0.2) is 0 Å². The summed E-state index contributed by atoms with van der Waals surface area (Å²) in [4.78, 5) is 23.3. The molecule has 5 nitrogen and oxygen atoms in total. The number of rotatable bonds is 5. The summed E-state index contributed by atoms with van der Waals surface area (Å²) in [5.41, 5.74) is 2.25. The predicted octanol–water partition coefficient (Wildman–Crippen LogP) is 2.67. The van der Waals surface area contributed by atoms with Crippen LogP contribution < -0.4 is 16.0 Å². The van der Waals surface area contributed by atoms with E-state index >= 15 is 0 Å². The zero-order valence-electron chi connectivity index (χ0n) is 13.5. The van der Waals surface area contributed by atoms with Gasteiger partial charge in [-0.1, -0.05) is 13.0 Å². The van der Waals surface area contributed by atoms with Crippen LogP contribution in [0.15, 0.2) is 18.2 Å². The molecule has 2 amide bonds. The molecule has 0 unspecified atom stereocenters. The number of hydrogen-bond donors (Lipinski definition) is 3. The van der Waals surface area contributed by atoms with Crippen molar-refractivity contribution in [3.8, 4) is 0 Å². The number of benzene rings is 1. The van der Waals surface area contributed by atoms with E-state index in [1.165, 1.54) is 0 Å². The molecule has 0 saturated carbocycles. The van der Waals surface area contributed by atoms with Crippen molar-refractivity contribution in [2.45, 2.75) is 46.6 Å². The number of amides is 2. The molecule has 1 aromatic rings. The zero-order valence-corrected chi connectivity index (χ0v) is 13.5. The first kappa shape index (κ1) is 17.2. The minimum Gasteiger partial charge on any atom is -0.326 e. The Labute approximate surface area is 126 Å². The molecule has 0 aliphatic heterocycles. The quantitative estimate of drug-likeness (QED) is 0.781. The second kappa shape index (κ2) is 7.22. The van der Waals surface area contributed by atoms with Crippen LogP contribution in [0.5, 0.6) is 0 Å². The smallest absolute Gasteiger partial charge is 0.238 e. The Kier molecular flexibility index (Phi) is 5.90. The molecule has 0 saturated heterocycles. The predicted molar refractivity (Wildman–Crippen MR) is 86.5 cm³/mol. The van der Waals surface area contributed by atoms with Crippen molar-refractivity contribution >= 4 is 23.2 Å². The highest BCUT2D eigenvalue weighted by molar-refractivity contribution is 5.95. The molecule has 0 heterocycles. The summed E-state index contributed by atoms with van der Waals surface area (Å²) in [6.07, 6.45) is 0.422. The molecule has 3 N–H and O–H groups in total. The third-order valence-electron chi connectivity index (χ3n) is 2.90. The number of nitrogens with one attached hydrogen (secondary N) is 3. The van der Waals surface area contributed by atoms with Crippen LogP contribution in [0.1, 0.15) is 39.7 Å². The van der Waals surface area contributed by atoms with Crippen molar-refractivity contribution in [1.82, 2.24) is 5.32 Å². The van der Waals surface area contributed by atoms with E-state index in [0.717, 1.165) is 11.3 Å². The van der Waals surface area contributed by atoms with E-state index in [1.54, 1.807) is 13.0 Å². The second-order valence-electron chi connectivity index (χ2n) is 6.08. The number of anilines is 2. The fourth-order valence-corrected chi connectivity index (χ4v) is 1.62. The Morgan fingerprint density at radius 2 is 1.76 bits per heavy atom. The molecule has 0 spiro atoms. The van der Waals surface area contributed by atoms with Gasteiger partial charge in [-0.15, -0.1) is 0 Å². The first-order valence-electron chi connectivity index (χ1n) is 7.16. The van der Waals surface area contributed by atoms with E-state index in [9.17, 15) is 9.59 Å². The van der Waals surface area contributed by atoms with Gasteiger partial charge in [-0.2, -0.15) is 0 Å². The van der Waals surface area contributed by atoms with E-state index < -0.39 is 0 Å². The lowest BCUT2D eigenvalue weighted by Gasteiger charge is -2.20. The Hall–Kier alpha value is -1.88. The Morgan fingerprint density at radius 1 is 1.10 bits per heavy atom. The van der Waals surface area contributed by atoms with E-state index in [4.69, 9.17) is 0 Å². The highest BCUT2D eigenvalue weighted by Gasteiger charge is 2.12. The van der Waals surface area contributed by atoms with Crippen LogP contribution in [0, 0.1) is 6.92 Å². The standard InChI is InChI=1S/C16H25N3O2/c1-6-14(20)19-13-9-12(8-7-11(13)2)18-15(21)10-17-16(3,4)5/h7-9,17H,6,10H2,1-5H3,(H,18,21)(H,19,20). The molecule has 0 atom stereocenters. The number of carbonyl (C=O) groups excluding carboxylic acids is 2. The molecule has 5 heteroatoms. The van der Waals surface area contributed by atoms with Gasteiger partial charge in [0.05, 0.1) is 6.54 Å². The van der Waals surface area contributed by atoms with Gasteiger partial charge in [-0.3, -0.25) is 9.59 Å². The first-order valence-corrected chi connectivity index (χ1v) is 7.16. The van der Waals surface area contributed by atoms with Gasteiger partial charge >= 0.3 is 0 Å². The first-order chi connectivity index (χ1) is 9.71. The summed E-state index contributed by atoms with van der Waals surface area (Å²) < 4.78 is 0. The van der Waals surface area contributed by atoms with Gasteiger partial charge in [0.2, 0.25) is 11.8 Å². The normalized spacial score (nSPS) is 11.1. The minimum atomic E-state index is -0.110. The molecular weight excluding hydrogens is 266 g/mol. The maximum absolute atomic E-state index is 11.9. The lowest BCUT2D eigenvalue weighted by molar-refractivity contribution is -0.116. The highest BCUT2D eigenvalue weighted by atomic mass is 16.2. The summed E-state index contributed by atoms with van der Waals surface area (Å²) in [6.45, 7) is 9.97. The Morgan fingerprint density at radius 3 is 2.33 bits per heavy atom. The van der Waals surface area contributed by atoms with E-state index in [-0.39, 0.29) is 23.9 Å². The van der Waals surface area contributed by atoms with Crippen LogP contribution in [-0.2, 0) is 9.59 Å². The summed E-state index contributed by atoms with van der Waals surface area (Å²) in [5, 5.41) is 8.77. The summed E-state index contributed by atoms with van der Waals surface area (Å²) in [7, 11) is 0. The van der Waals surface area contributed by atoms with Crippen LogP contribution in [0.25, 0.3) is 0 Å². The molecule has 0 aliphatic carbocycles. The van der Waals surface area contributed by atoms with Crippen molar-refractivity contribution in [2.24, 2.45) is 0 Å². The van der Waals surface area contributed by atoms with Crippen LogP contribution in [0.4, 0.5) is 11.4 Å². The molecule has 0 aromatic heterocycles. The average molecular weight is 291 g/mol. The lowest BCUT2D eigenvalue weighted by Crippen LogP contribution is -2.41. The molecule has 116 valence electrons. The third kappa shape index (κ3) is 6.40. The van der Waals surface area contributed by atoms with E-state index in [0.29, 0.717) is 12.1 Å². The van der Waals surface area contributed by atoms with Crippen LogP contribution in [0.2, 0.25) is 0 Å². The van der Waals surface area contributed by atoms with Crippen molar-refractivity contribution < 1.29 is 9.59 Å². The molecule has 1 aromatic carbocycles. The SMILES string of the molecule is CCC(=O)Nc1cc(NC(=O)CNC(C)(C)C)ccc1C. The molecule has 0 radical (unpaired) electrons. The Balaban J connectivity index is 2.69. The molecular formula is C16H25N3O2. The van der Waals surface area contributed by atoms with Gasteiger partial charge in [0.15, 0.2) is 0 Å². The lowest BCUT2D eigenvalue weighted by atomic mass is 10.1. The van der Waals surface area contributed by atoms with Crippen molar-refractivity contribution in [2.75, 3.05) is 17.2 Å². The minimum absolute atomic E-state index is 0.0454. The van der Waals surface area contributed by atoms with Crippen LogP contribution >= 0.6 is 0 Å². The van der Waals surface area contributed by atoms with Crippen LogP contribution in [0.3, 0.4) is 0 Å². The number of carbonyl (C=O) groups is 2. The van der Waals surface area contributed by atoms with Gasteiger partial charge in [0, 0.05) is 23.3 Å². The highest BCUT2D eigenvalue weighted by Crippen LogP contribution is 2.20. The molecule has 0 bridgehead atoms. The second-order valence-corrected chi connectivity index (χ2v) is 6.08. The molecule has 1 rings (SSSR count). The van der Waals surface area contributed by atoms with Crippen LogP contribution in [-0.4, -0.2) is 23.9 Å². The topological polar surface area (TPSA) is 70.2 Å². The van der Waals surface area contributed by atoms with E-state index in [1.807, 2.05) is 39.8 Å².